The molecule has 186 valence electrons. The first kappa shape index (κ1) is 24.7. The minimum Gasteiger partial charge on any atom is -0.454 e. The lowest BCUT2D eigenvalue weighted by Crippen LogP contribution is -2.20. The van der Waals surface area contributed by atoms with Crippen LogP contribution < -0.4 is 15.4 Å². The van der Waals surface area contributed by atoms with Crippen LogP contribution in [0.5, 0.6) is 11.5 Å². The van der Waals surface area contributed by atoms with Gasteiger partial charge in [0.15, 0.2) is 11.6 Å². The molecule has 4 aromatic rings. The Morgan fingerprint density at radius 3 is 2.72 bits per heavy atom. The van der Waals surface area contributed by atoms with Crippen LogP contribution in [0.2, 0.25) is 0 Å². The number of carbonyl (C=O) groups excluding carboxylic acids is 1. The molecule has 2 amide bonds. The van der Waals surface area contributed by atoms with E-state index in [2.05, 4.69) is 25.7 Å². The number of halogens is 2. The Bertz CT molecular complexity index is 1380. The number of hydrogen-bond acceptors (Lipinski definition) is 6. The summed E-state index contributed by atoms with van der Waals surface area (Å²) < 4.78 is 36.5. The highest BCUT2D eigenvalue weighted by Crippen LogP contribution is 2.31. The predicted molar refractivity (Wildman–Crippen MR) is 130 cm³/mol. The van der Waals surface area contributed by atoms with Crippen LogP contribution in [0.1, 0.15) is 25.3 Å². The first-order valence-electron chi connectivity index (χ1n) is 11.1. The average Bonchev–Trinajstić information content (AvgIpc) is 3.33. The minimum atomic E-state index is -1.27. The number of anilines is 2. The molecule has 3 aromatic heterocycles. The van der Waals surface area contributed by atoms with Gasteiger partial charge in [-0.25, -0.2) is 9.18 Å². The number of nitrogens with zero attached hydrogens (tertiary/aromatic N) is 4. The Labute approximate surface area is 205 Å². The van der Waals surface area contributed by atoms with Gasteiger partial charge in [0.05, 0.1) is 42.6 Å². The Morgan fingerprint density at radius 2 is 1.94 bits per heavy atom. The molecule has 9 nitrogen and oxygen atoms in total. The summed E-state index contributed by atoms with van der Waals surface area (Å²) in [5.74, 6) is -2.45. The number of pyridine rings is 2. The van der Waals surface area contributed by atoms with Gasteiger partial charge in [0.1, 0.15) is 5.75 Å². The van der Waals surface area contributed by atoms with Crippen molar-refractivity contribution in [2.24, 2.45) is 0 Å². The number of rotatable bonds is 8. The maximum atomic E-state index is 14.7. The molecule has 0 aliphatic carbocycles. The fourth-order valence-electron chi connectivity index (χ4n) is 3.31. The fraction of sp³-hybridized carbons (Fsp3) is 0.200. The third-order valence-corrected chi connectivity index (χ3v) is 5.20. The quantitative estimate of drug-likeness (QED) is 0.311. The number of aromatic nitrogens is 4. The van der Waals surface area contributed by atoms with E-state index in [1.54, 1.807) is 35.4 Å². The van der Waals surface area contributed by atoms with E-state index in [4.69, 9.17) is 9.84 Å². The maximum Gasteiger partial charge on any atom is 0.323 e. The molecule has 0 aliphatic heterocycles. The summed E-state index contributed by atoms with van der Waals surface area (Å²) in [5, 5.41) is 18.0. The number of nitrogens with one attached hydrogen (secondary N) is 2. The molecule has 0 aliphatic rings. The highest BCUT2D eigenvalue weighted by Gasteiger charge is 2.18. The van der Waals surface area contributed by atoms with Crippen LogP contribution in [-0.4, -0.2) is 37.5 Å². The molecule has 0 spiro atoms. The van der Waals surface area contributed by atoms with Crippen molar-refractivity contribution in [3.05, 3.63) is 78.5 Å². The van der Waals surface area contributed by atoms with Gasteiger partial charge in [0.25, 0.3) is 0 Å². The summed E-state index contributed by atoms with van der Waals surface area (Å²) in [6.07, 6.45) is 7.88. The van der Waals surface area contributed by atoms with Crippen molar-refractivity contribution in [3.8, 4) is 22.8 Å². The summed E-state index contributed by atoms with van der Waals surface area (Å²) >= 11 is 0. The molecule has 0 radical (unpaired) electrons. The summed E-state index contributed by atoms with van der Waals surface area (Å²) in [5.41, 5.74) is 2.17. The molecule has 3 heterocycles. The van der Waals surface area contributed by atoms with Crippen molar-refractivity contribution in [1.82, 2.24) is 19.7 Å². The summed E-state index contributed by atoms with van der Waals surface area (Å²) in [7, 11) is 0. The molecule has 0 unspecified atom stereocenters. The third-order valence-electron chi connectivity index (χ3n) is 5.20. The molecule has 0 bridgehead atoms. The van der Waals surface area contributed by atoms with Gasteiger partial charge in [-0.2, -0.15) is 9.49 Å². The zero-order valence-electron chi connectivity index (χ0n) is 19.6. The number of ether oxygens (including phenoxy) is 1. The van der Waals surface area contributed by atoms with E-state index < -0.39 is 17.7 Å². The van der Waals surface area contributed by atoms with Crippen molar-refractivity contribution in [1.29, 1.82) is 0 Å². The number of benzene rings is 1. The monoisotopic (exact) mass is 494 g/mol. The van der Waals surface area contributed by atoms with Gasteiger partial charge in [0, 0.05) is 30.2 Å². The van der Waals surface area contributed by atoms with Crippen molar-refractivity contribution in [2.75, 3.05) is 17.2 Å². The SMILES string of the molecule is CC(C)c1cncc(NC(=O)Nc2ccc(Oc3ccnc(-c4cnn(CCO)c4)c3)c(F)c2F)c1. The van der Waals surface area contributed by atoms with E-state index in [9.17, 15) is 13.6 Å². The molecule has 36 heavy (non-hydrogen) atoms. The summed E-state index contributed by atoms with van der Waals surface area (Å²) in [6.45, 7) is 4.25. The van der Waals surface area contributed by atoms with Crippen LogP contribution in [0.25, 0.3) is 11.3 Å². The topological polar surface area (TPSA) is 114 Å². The maximum absolute atomic E-state index is 14.7. The van der Waals surface area contributed by atoms with Crippen molar-refractivity contribution < 1.29 is 23.4 Å². The third kappa shape index (κ3) is 5.81. The second-order valence-corrected chi connectivity index (χ2v) is 8.17. The van der Waals surface area contributed by atoms with Crippen LogP contribution in [0.4, 0.5) is 25.0 Å². The number of amides is 2. The molecule has 0 fully saturated rings. The van der Waals surface area contributed by atoms with E-state index in [0.29, 0.717) is 23.5 Å². The molecule has 0 saturated carbocycles. The lowest BCUT2D eigenvalue weighted by Gasteiger charge is -2.12. The largest absolute Gasteiger partial charge is 0.454 e. The average molecular weight is 495 g/mol. The molecule has 4 rings (SSSR count). The molecule has 1 aromatic carbocycles. The normalized spacial score (nSPS) is 10.9. The van der Waals surface area contributed by atoms with Gasteiger partial charge < -0.3 is 20.5 Å². The minimum absolute atomic E-state index is 0.0580. The zero-order chi connectivity index (χ0) is 25.7. The van der Waals surface area contributed by atoms with E-state index >= 15 is 0 Å². The van der Waals surface area contributed by atoms with Crippen LogP contribution in [0.3, 0.4) is 0 Å². The Morgan fingerprint density at radius 1 is 1.11 bits per heavy atom. The number of aliphatic hydroxyl groups excluding tert-OH is 1. The molecule has 0 saturated heterocycles. The highest BCUT2D eigenvalue weighted by atomic mass is 19.2. The highest BCUT2D eigenvalue weighted by molar-refractivity contribution is 5.99. The molecule has 11 heteroatoms. The van der Waals surface area contributed by atoms with E-state index in [1.165, 1.54) is 30.6 Å². The second-order valence-electron chi connectivity index (χ2n) is 8.17. The van der Waals surface area contributed by atoms with Crippen LogP contribution in [0, 0.1) is 11.6 Å². The Kier molecular flexibility index (Phi) is 7.50. The van der Waals surface area contributed by atoms with Gasteiger partial charge in [-0.15, -0.1) is 0 Å². The van der Waals surface area contributed by atoms with Gasteiger partial charge >= 0.3 is 6.03 Å². The van der Waals surface area contributed by atoms with Gasteiger partial charge in [-0.1, -0.05) is 13.8 Å². The Hall–Kier alpha value is -4.38. The summed E-state index contributed by atoms with van der Waals surface area (Å²) in [4.78, 5) is 20.6. The molecule has 3 N–H and O–H groups in total. The molecular formula is C25H24F2N6O3. The van der Waals surface area contributed by atoms with Gasteiger partial charge in [-0.3, -0.25) is 14.6 Å². The standard InChI is InChI=1S/C25H24F2N6O3/c1-15(2)16-9-18(13-28-11-16)31-25(35)32-20-3-4-22(24(27)23(20)26)36-19-5-6-29-21(10-19)17-12-30-33(14-17)7-8-34/h3-6,9-15,34H,7-8H2,1-2H3,(H2,31,32,35). The first-order chi connectivity index (χ1) is 17.3. The van der Waals surface area contributed by atoms with E-state index in [0.717, 1.165) is 5.56 Å². The lowest BCUT2D eigenvalue weighted by atomic mass is 10.1. The van der Waals surface area contributed by atoms with E-state index in [-0.39, 0.29) is 29.7 Å². The van der Waals surface area contributed by atoms with Crippen molar-refractivity contribution >= 4 is 17.4 Å². The van der Waals surface area contributed by atoms with Crippen molar-refractivity contribution in [3.63, 3.8) is 0 Å². The number of aliphatic hydroxyl groups is 1. The Balaban J connectivity index is 1.46. The smallest absolute Gasteiger partial charge is 0.323 e. The molecule has 0 atom stereocenters. The van der Waals surface area contributed by atoms with Gasteiger partial charge in [-0.05, 0) is 35.7 Å². The van der Waals surface area contributed by atoms with Crippen molar-refractivity contribution in [2.45, 2.75) is 26.3 Å². The molecular weight excluding hydrogens is 470 g/mol. The lowest BCUT2D eigenvalue weighted by molar-refractivity contribution is 0.262. The number of hydrogen-bond donors (Lipinski definition) is 3. The fourth-order valence-corrected chi connectivity index (χ4v) is 3.31. The van der Waals surface area contributed by atoms with Crippen LogP contribution in [-0.2, 0) is 6.54 Å². The second kappa shape index (κ2) is 10.9. The van der Waals surface area contributed by atoms with Crippen LogP contribution >= 0.6 is 0 Å². The first-order valence-corrected chi connectivity index (χ1v) is 11.1. The van der Waals surface area contributed by atoms with Gasteiger partial charge in [0.2, 0.25) is 5.82 Å². The van der Waals surface area contributed by atoms with E-state index in [1.807, 2.05) is 13.8 Å². The van der Waals surface area contributed by atoms with Crippen LogP contribution in [0.15, 0.2) is 61.3 Å². The summed E-state index contributed by atoms with van der Waals surface area (Å²) in [6, 6.07) is 6.48. The predicted octanol–water partition coefficient (Wildman–Crippen LogP) is 5.17. The number of carbonyl (C=O) groups is 1. The zero-order valence-corrected chi connectivity index (χ0v) is 19.6. The number of urea groups is 1.